The van der Waals surface area contributed by atoms with Crippen LogP contribution in [0.15, 0.2) is 42.9 Å². The van der Waals surface area contributed by atoms with Gasteiger partial charge in [0, 0.05) is 38.2 Å². The molecular formula is C24H25F3N4O2S. The minimum absolute atomic E-state index is 0.0641. The Hall–Kier alpha value is -3.01. The first-order chi connectivity index (χ1) is 16.3. The van der Waals surface area contributed by atoms with Crippen LogP contribution >= 0.6 is 11.3 Å². The van der Waals surface area contributed by atoms with E-state index in [1.54, 1.807) is 17.3 Å². The predicted octanol–water partition coefficient (Wildman–Crippen LogP) is 5.16. The van der Waals surface area contributed by atoms with Crippen molar-refractivity contribution in [3.8, 4) is 0 Å². The Morgan fingerprint density at radius 3 is 2.59 bits per heavy atom. The molecule has 3 aromatic rings. The number of pyridine rings is 2. The first-order valence-electron chi connectivity index (χ1n) is 11.3. The molecule has 0 aromatic carbocycles. The van der Waals surface area contributed by atoms with Crippen molar-refractivity contribution < 1.29 is 22.8 Å². The van der Waals surface area contributed by atoms with Crippen molar-refractivity contribution in [2.24, 2.45) is 5.92 Å². The molecule has 4 rings (SSSR count). The van der Waals surface area contributed by atoms with E-state index in [9.17, 15) is 22.8 Å². The van der Waals surface area contributed by atoms with Crippen molar-refractivity contribution in [3.63, 3.8) is 0 Å². The molecule has 1 aliphatic heterocycles. The van der Waals surface area contributed by atoms with Gasteiger partial charge in [-0.1, -0.05) is 12.8 Å². The lowest BCUT2D eigenvalue weighted by Gasteiger charge is -2.32. The molecule has 34 heavy (non-hydrogen) atoms. The first-order valence-corrected chi connectivity index (χ1v) is 12.1. The van der Waals surface area contributed by atoms with Gasteiger partial charge < -0.3 is 10.2 Å². The number of piperidine rings is 1. The molecule has 0 saturated carbocycles. The lowest BCUT2D eigenvalue weighted by Crippen LogP contribution is -2.38. The third-order valence-electron chi connectivity index (χ3n) is 6.07. The number of halogens is 3. The molecule has 10 heteroatoms. The summed E-state index contributed by atoms with van der Waals surface area (Å²) < 4.78 is 38.9. The summed E-state index contributed by atoms with van der Waals surface area (Å²) in [6.45, 7) is 1.79. The number of thiophene rings is 1. The van der Waals surface area contributed by atoms with Crippen molar-refractivity contribution in [1.82, 2.24) is 20.2 Å². The van der Waals surface area contributed by atoms with Gasteiger partial charge in [-0.15, -0.1) is 11.3 Å². The van der Waals surface area contributed by atoms with Crippen LogP contribution < -0.4 is 5.32 Å². The van der Waals surface area contributed by atoms with Crippen LogP contribution in [0, 0.1) is 5.92 Å². The summed E-state index contributed by atoms with van der Waals surface area (Å²) in [6, 6.07) is 5.81. The summed E-state index contributed by atoms with van der Waals surface area (Å²) in [5.74, 6) is 0.158. The fraction of sp³-hybridized carbons (Fsp3) is 0.417. The number of likely N-dealkylation sites (tertiary alicyclic amines) is 1. The number of fused-ring (bicyclic) bond motifs is 1. The number of aromatic nitrogens is 2. The molecule has 6 nitrogen and oxygen atoms in total. The monoisotopic (exact) mass is 490 g/mol. The maximum Gasteiger partial charge on any atom is 0.433 e. The van der Waals surface area contributed by atoms with Crippen LogP contribution in [0.2, 0.25) is 0 Å². The Labute approximate surface area is 199 Å². The van der Waals surface area contributed by atoms with Crippen LogP contribution in [0.25, 0.3) is 10.1 Å². The quantitative estimate of drug-likeness (QED) is 0.464. The average molecular weight is 491 g/mol. The lowest BCUT2D eigenvalue weighted by molar-refractivity contribution is -0.141. The van der Waals surface area contributed by atoms with Gasteiger partial charge in [-0.3, -0.25) is 19.6 Å². The fourth-order valence-corrected chi connectivity index (χ4v) is 5.08. The molecule has 1 saturated heterocycles. The van der Waals surface area contributed by atoms with Gasteiger partial charge in [-0.25, -0.2) is 0 Å². The number of alkyl halides is 3. The smallest absolute Gasteiger partial charge is 0.351 e. The molecule has 1 fully saturated rings. The van der Waals surface area contributed by atoms with Crippen molar-refractivity contribution in [2.45, 2.75) is 38.3 Å². The highest BCUT2D eigenvalue weighted by molar-refractivity contribution is 7.20. The second kappa shape index (κ2) is 10.5. The molecule has 0 unspecified atom stereocenters. The summed E-state index contributed by atoms with van der Waals surface area (Å²) in [5.41, 5.74) is -0.822. The number of carbonyl (C=O) groups is 2. The Morgan fingerprint density at radius 1 is 1.12 bits per heavy atom. The topological polar surface area (TPSA) is 75.2 Å². The third-order valence-corrected chi connectivity index (χ3v) is 7.16. The van der Waals surface area contributed by atoms with Crippen LogP contribution in [-0.4, -0.2) is 46.3 Å². The number of carbonyl (C=O) groups excluding carboxylic acids is 2. The van der Waals surface area contributed by atoms with E-state index in [0.29, 0.717) is 30.4 Å². The van der Waals surface area contributed by atoms with E-state index in [1.165, 1.54) is 17.4 Å². The van der Waals surface area contributed by atoms with Gasteiger partial charge in [0.15, 0.2) is 0 Å². The standard InChI is InChI=1S/C24H25F3N4O2S/c25-24(26,27)21-5-4-18(14-30-21)23(33)31-11-7-16(8-12-31)3-1-2-9-29-22(32)19-13-17-6-10-28-15-20(17)34-19/h4-6,10,13-16H,1-3,7-9,11-12H2,(H,29,32). The molecule has 0 spiro atoms. The van der Waals surface area contributed by atoms with Gasteiger partial charge in [-0.2, -0.15) is 13.2 Å². The van der Waals surface area contributed by atoms with Crippen molar-refractivity contribution in [3.05, 3.63) is 59.0 Å². The van der Waals surface area contributed by atoms with Gasteiger partial charge >= 0.3 is 6.18 Å². The molecule has 3 aromatic heterocycles. The highest BCUT2D eigenvalue weighted by Crippen LogP contribution is 2.28. The Morgan fingerprint density at radius 2 is 1.91 bits per heavy atom. The molecule has 0 atom stereocenters. The minimum atomic E-state index is -4.51. The maximum atomic E-state index is 12.6. The van der Waals surface area contributed by atoms with Gasteiger partial charge in [-0.05, 0) is 54.8 Å². The summed E-state index contributed by atoms with van der Waals surface area (Å²) >= 11 is 1.43. The largest absolute Gasteiger partial charge is 0.433 e. The highest BCUT2D eigenvalue weighted by atomic mass is 32.1. The summed E-state index contributed by atoms with van der Waals surface area (Å²) in [5, 5.41) is 3.99. The lowest BCUT2D eigenvalue weighted by atomic mass is 9.91. The number of hydrogen-bond acceptors (Lipinski definition) is 5. The number of unbranched alkanes of at least 4 members (excludes halogenated alkanes) is 1. The molecule has 1 aliphatic rings. The normalized spacial score (nSPS) is 15.0. The fourth-order valence-electron chi connectivity index (χ4n) is 4.14. The van der Waals surface area contributed by atoms with Crippen molar-refractivity contribution >= 4 is 33.2 Å². The Bertz CT molecular complexity index is 1110. The van der Waals surface area contributed by atoms with Crippen LogP contribution in [0.1, 0.15) is 57.8 Å². The zero-order valence-corrected chi connectivity index (χ0v) is 19.3. The molecule has 1 N–H and O–H groups in total. The molecule has 2 amide bonds. The number of nitrogens with zero attached hydrogens (tertiary/aromatic N) is 3. The van der Waals surface area contributed by atoms with Crippen LogP contribution in [-0.2, 0) is 6.18 Å². The number of hydrogen-bond donors (Lipinski definition) is 1. The zero-order chi connectivity index (χ0) is 24.1. The molecule has 0 bridgehead atoms. The van der Waals surface area contributed by atoms with Crippen molar-refractivity contribution in [1.29, 1.82) is 0 Å². The van der Waals surface area contributed by atoms with E-state index in [1.807, 2.05) is 12.1 Å². The minimum Gasteiger partial charge on any atom is -0.351 e. The third kappa shape index (κ3) is 5.91. The van der Waals surface area contributed by atoms with Gasteiger partial charge in [0.1, 0.15) is 5.69 Å². The van der Waals surface area contributed by atoms with E-state index in [2.05, 4.69) is 15.3 Å². The zero-order valence-electron chi connectivity index (χ0n) is 18.5. The molecule has 4 heterocycles. The second-order valence-electron chi connectivity index (χ2n) is 8.44. The summed E-state index contributed by atoms with van der Waals surface area (Å²) in [4.78, 5) is 34.7. The second-order valence-corrected chi connectivity index (χ2v) is 9.53. The number of rotatable bonds is 7. The van der Waals surface area contributed by atoms with E-state index in [0.717, 1.165) is 54.5 Å². The van der Waals surface area contributed by atoms with Crippen LogP contribution in [0.5, 0.6) is 0 Å². The van der Waals surface area contributed by atoms with E-state index >= 15 is 0 Å². The highest BCUT2D eigenvalue weighted by Gasteiger charge is 2.32. The van der Waals surface area contributed by atoms with E-state index in [4.69, 9.17) is 0 Å². The molecule has 180 valence electrons. The molecular weight excluding hydrogens is 465 g/mol. The van der Waals surface area contributed by atoms with E-state index < -0.39 is 11.9 Å². The number of amides is 2. The molecule has 0 radical (unpaired) electrons. The Kier molecular flexibility index (Phi) is 7.45. The average Bonchev–Trinajstić information content (AvgIpc) is 3.28. The van der Waals surface area contributed by atoms with E-state index in [-0.39, 0.29) is 17.4 Å². The summed E-state index contributed by atoms with van der Waals surface area (Å²) in [7, 11) is 0. The van der Waals surface area contributed by atoms with Crippen molar-refractivity contribution in [2.75, 3.05) is 19.6 Å². The van der Waals surface area contributed by atoms with Crippen LogP contribution in [0.4, 0.5) is 13.2 Å². The molecule has 0 aliphatic carbocycles. The predicted molar refractivity (Wildman–Crippen MR) is 124 cm³/mol. The van der Waals surface area contributed by atoms with Crippen LogP contribution in [0.3, 0.4) is 0 Å². The summed E-state index contributed by atoms with van der Waals surface area (Å²) in [6.07, 6.45) is 4.57. The number of nitrogens with one attached hydrogen (secondary N) is 1. The van der Waals surface area contributed by atoms with Gasteiger partial charge in [0.25, 0.3) is 11.8 Å². The first kappa shape index (κ1) is 24.1. The SMILES string of the molecule is O=C(NCCCCC1CCN(C(=O)c2ccc(C(F)(F)F)nc2)CC1)c1cc2ccncc2s1. The maximum absolute atomic E-state index is 12.6. The van der Waals surface area contributed by atoms with Gasteiger partial charge in [0.05, 0.1) is 15.1 Å². The van der Waals surface area contributed by atoms with Gasteiger partial charge in [0.2, 0.25) is 0 Å². The Balaban J connectivity index is 1.14.